The average molecular weight is 255 g/mol. The van der Waals surface area contributed by atoms with Gasteiger partial charge in [0.1, 0.15) is 6.04 Å². The van der Waals surface area contributed by atoms with Crippen LogP contribution in [0.15, 0.2) is 0 Å². The number of carbonyl (C=O) groups excluding carboxylic acids is 1. The van der Waals surface area contributed by atoms with Crippen molar-refractivity contribution in [2.75, 3.05) is 0 Å². The first-order chi connectivity index (χ1) is 7.68. The van der Waals surface area contributed by atoms with Crippen molar-refractivity contribution in [3.8, 4) is 0 Å². The molecule has 0 spiro atoms. The lowest BCUT2D eigenvalue weighted by atomic mass is 9.97. The Bertz CT molecular complexity index is 278. The lowest BCUT2D eigenvalue weighted by Crippen LogP contribution is -2.47. The quantitative estimate of drug-likeness (QED) is 0.762. The zero-order chi connectivity index (χ0) is 13.6. The van der Waals surface area contributed by atoms with E-state index in [1.165, 1.54) is 5.32 Å². The number of hydrogen-bond acceptors (Lipinski definition) is 2. The number of alkyl halides is 3. The van der Waals surface area contributed by atoms with Crippen LogP contribution >= 0.6 is 0 Å². The molecular weight excluding hydrogens is 239 g/mol. The summed E-state index contributed by atoms with van der Waals surface area (Å²) in [5, 5.41) is 10.2. The van der Waals surface area contributed by atoms with E-state index in [1.807, 2.05) is 6.92 Å². The maximum absolute atomic E-state index is 12.0. The third-order valence-electron chi connectivity index (χ3n) is 2.28. The third kappa shape index (κ3) is 6.13. The van der Waals surface area contributed by atoms with Crippen LogP contribution < -0.4 is 5.32 Å². The van der Waals surface area contributed by atoms with Gasteiger partial charge in [-0.2, -0.15) is 13.2 Å². The van der Waals surface area contributed by atoms with Crippen LogP contribution in [0.1, 0.15) is 33.1 Å². The predicted octanol–water partition coefficient (Wildman–Crippen LogP) is 1.94. The van der Waals surface area contributed by atoms with Gasteiger partial charge in [-0.15, -0.1) is 0 Å². The van der Waals surface area contributed by atoms with E-state index in [0.717, 1.165) is 6.42 Å². The molecule has 1 amide bonds. The van der Waals surface area contributed by atoms with Gasteiger partial charge in [-0.3, -0.25) is 4.79 Å². The zero-order valence-corrected chi connectivity index (χ0v) is 9.67. The third-order valence-corrected chi connectivity index (χ3v) is 2.28. The van der Waals surface area contributed by atoms with Crippen LogP contribution in [0.4, 0.5) is 13.2 Å². The summed E-state index contributed by atoms with van der Waals surface area (Å²) >= 11 is 0. The average Bonchev–Trinajstić information content (AvgIpc) is 2.15. The molecular formula is C10H16F3NO3. The Morgan fingerprint density at radius 2 is 1.88 bits per heavy atom. The van der Waals surface area contributed by atoms with Crippen LogP contribution in [0.25, 0.3) is 0 Å². The van der Waals surface area contributed by atoms with Crippen molar-refractivity contribution in [3.63, 3.8) is 0 Å². The molecule has 0 aromatic heterocycles. The second-order valence-electron chi connectivity index (χ2n) is 3.99. The highest BCUT2D eigenvalue weighted by Gasteiger charge is 2.40. The van der Waals surface area contributed by atoms with Crippen molar-refractivity contribution >= 4 is 11.9 Å². The fourth-order valence-corrected chi connectivity index (χ4v) is 1.47. The standard InChI is InChI=1S/C10H16F3NO3/c1-3-4-6(2)5-7(8(15)16)14-9(17)10(11,12)13/h6-7H,3-5H2,1-2H3,(H,14,17)(H,15,16). The molecule has 0 saturated heterocycles. The number of halogens is 3. The number of carboxylic acids is 1. The van der Waals surface area contributed by atoms with Crippen molar-refractivity contribution < 1.29 is 27.9 Å². The molecule has 4 nitrogen and oxygen atoms in total. The predicted molar refractivity (Wildman–Crippen MR) is 54.3 cm³/mol. The smallest absolute Gasteiger partial charge is 0.471 e. The Morgan fingerprint density at radius 1 is 1.35 bits per heavy atom. The molecule has 2 unspecified atom stereocenters. The Hall–Kier alpha value is -1.27. The first kappa shape index (κ1) is 15.7. The molecule has 7 heteroatoms. The normalized spacial score (nSPS) is 15.1. The number of hydrogen-bond donors (Lipinski definition) is 2. The second-order valence-corrected chi connectivity index (χ2v) is 3.99. The molecule has 0 radical (unpaired) electrons. The van der Waals surface area contributed by atoms with Crippen molar-refractivity contribution in [2.24, 2.45) is 5.92 Å². The first-order valence-electron chi connectivity index (χ1n) is 5.29. The van der Waals surface area contributed by atoms with Gasteiger partial charge in [-0.1, -0.05) is 26.7 Å². The van der Waals surface area contributed by atoms with E-state index in [0.29, 0.717) is 6.42 Å². The van der Waals surface area contributed by atoms with Crippen molar-refractivity contribution in [1.82, 2.24) is 5.32 Å². The van der Waals surface area contributed by atoms with Gasteiger partial charge in [0.2, 0.25) is 0 Å². The summed E-state index contributed by atoms with van der Waals surface area (Å²) in [4.78, 5) is 21.3. The summed E-state index contributed by atoms with van der Waals surface area (Å²) in [7, 11) is 0. The van der Waals surface area contributed by atoms with Crippen LogP contribution in [0.5, 0.6) is 0 Å². The number of nitrogens with one attached hydrogen (secondary N) is 1. The largest absolute Gasteiger partial charge is 0.480 e. The van der Waals surface area contributed by atoms with Gasteiger partial charge in [0, 0.05) is 0 Å². The topological polar surface area (TPSA) is 66.4 Å². The number of carboxylic acid groups (broad SMARTS) is 1. The molecule has 0 aliphatic carbocycles. The van der Waals surface area contributed by atoms with Gasteiger partial charge in [0.15, 0.2) is 0 Å². The van der Waals surface area contributed by atoms with Crippen LogP contribution in [-0.2, 0) is 9.59 Å². The highest BCUT2D eigenvalue weighted by Crippen LogP contribution is 2.17. The SMILES string of the molecule is CCCC(C)CC(NC(=O)C(F)(F)F)C(=O)O. The molecule has 2 N–H and O–H groups in total. The molecule has 100 valence electrons. The van der Waals surface area contributed by atoms with E-state index in [2.05, 4.69) is 0 Å². The van der Waals surface area contributed by atoms with Gasteiger partial charge in [0.05, 0.1) is 0 Å². The van der Waals surface area contributed by atoms with E-state index >= 15 is 0 Å². The monoisotopic (exact) mass is 255 g/mol. The van der Waals surface area contributed by atoms with Crippen molar-refractivity contribution in [3.05, 3.63) is 0 Å². The molecule has 0 saturated carbocycles. The van der Waals surface area contributed by atoms with Gasteiger partial charge in [-0.25, -0.2) is 4.79 Å². The highest BCUT2D eigenvalue weighted by atomic mass is 19.4. The minimum absolute atomic E-state index is 0.00894. The van der Waals surface area contributed by atoms with Gasteiger partial charge in [-0.05, 0) is 12.3 Å². The van der Waals surface area contributed by atoms with Crippen molar-refractivity contribution in [1.29, 1.82) is 0 Å². The lowest BCUT2D eigenvalue weighted by molar-refractivity contribution is -0.175. The molecule has 0 bridgehead atoms. The fraction of sp³-hybridized carbons (Fsp3) is 0.800. The summed E-state index contributed by atoms with van der Waals surface area (Å²) in [5.41, 5.74) is 0. The zero-order valence-electron chi connectivity index (χ0n) is 9.67. The molecule has 0 aliphatic rings. The second kappa shape index (κ2) is 6.46. The Kier molecular flexibility index (Phi) is 5.98. The lowest BCUT2D eigenvalue weighted by Gasteiger charge is -2.19. The maximum atomic E-state index is 12.0. The van der Waals surface area contributed by atoms with Crippen molar-refractivity contribution in [2.45, 2.75) is 45.3 Å². The van der Waals surface area contributed by atoms with Crippen LogP contribution in [-0.4, -0.2) is 29.2 Å². The van der Waals surface area contributed by atoms with Gasteiger partial charge >= 0.3 is 18.1 Å². The summed E-state index contributed by atoms with van der Waals surface area (Å²) in [5.74, 6) is -3.73. The molecule has 0 aromatic carbocycles. The van der Waals surface area contributed by atoms with E-state index in [9.17, 15) is 22.8 Å². The molecule has 0 aliphatic heterocycles. The van der Waals surface area contributed by atoms with Gasteiger partial charge < -0.3 is 10.4 Å². The number of carbonyl (C=O) groups is 2. The van der Waals surface area contributed by atoms with Crippen LogP contribution in [0, 0.1) is 5.92 Å². The Balaban J connectivity index is 4.45. The van der Waals surface area contributed by atoms with E-state index in [-0.39, 0.29) is 12.3 Å². The number of rotatable bonds is 6. The minimum atomic E-state index is -5.05. The number of amides is 1. The van der Waals surface area contributed by atoms with Gasteiger partial charge in [0.25, 0.3) is 0 Å². The fourth-order valence-electron chi connectivity index (χ4n) is 1.47. The molecule has 0 aromatic rings. The minimum Gasteiger partial charge on any atom is -0.480 e. The molecule has 17 heavy (non-hydrogen) atoms. The van der Waals surface area contributed by atoms with E-state index in [4.69, 9.17) is 5.11 Å². The van der Waals surface area contributed by atoms with Crippen LogP contribution in [0.2, 0.25) is 0 Å². The number of aliphatic carboxylic acids is 1. The first-order valence-corrected chi connectivity index (χ1v) is 5.29. The van der Waals surface area contributed by atoms with E-state index < -0.39 is 24.1 Å². The Morgan fingerprint density at radius 3 is 2.24 bits per heavy atom. The summed E-state index contributed by atoms with van der Waals surface area (Å²) in [6.07, 6.45) is -3.56. The molecule has 0 heterocycles. The highest BCUT2D eigenvalue weighted by molar-refractivity contribution is 5.86. The molecule has 0 fully saturated rings. The summed E-state index contributed by atoms with van der Waals surface area (Å²) in [6, 6.07) is -1.49. The molecule has 2 atom stereocenters. The summed E-state index contributed by atoms with van der Waals surface area (Å²) < 4.78 is 35.9. The maximum Gasteiger partial charge on any atom is 0.471 e. The molecule has 0 rings (SSSR count). The van der Waals surface area contributed by atoms with Crippen LogP contribution in [0.3, 0.4) is 0 Å². The summed E-state index contributed by atoms with van der Waals surface area (Å²) in [6.45, 7) is 3.62. The Labute approximate surface area is 97.2 Å². The van der Waals surface area contributed by atoms with E-state index in [1.54, 1.807) is 6.92 Å².